The monoisotopic (exact) mass is 616 g/mol. The molecule has 2 aromatic carbocycles. The summed E-state index contributed by atoms with van der Waals surface area (Å²) in [6.45, 7) is 1.09. The van der Waals surface area contributed by atoms with E-state index in [0.29, 0.717) is 25.1 Å². The molecule has 10 heteroatoms. The maximum atomic E-state index is 13.9. The number of fused-ring (bicyclic) bond motifs is 3. The number of hydrogen-bond acceptors (Lipinski definition) is 8. The minimum absolute atomic E-state index is 0.00479. The van der Waals surface area contributed by atoms with E-state index in [1.807, 2.05) is 30.3 Å². The fourth-order valence-electron chi connectivity index (χ4n) is 5.90. The van der Waals surface area contributed by atoms with E-state index in [0.717, 1.165) is 11.1 Å². The van der Waals surface area contributed by atoms with Gasteiger partial charge in [-0.2, -0.15) is 0 Å². The molecule has 3 aliphatic carbocycles. The Morgan fingerprint density at radius 3 is 2.49 bits per heavy atom. The van der Waals surface area contributed by atoms with Gasteiger partial charge in [-0.25, -0.2) is 0 Å². The highest BCUT2D eigenvalue weighted by Gasteiger charge is 2.62. The van der Waals surface area contributed by atoms with Crippen LogP contribution >= 0.6 is 23.0 Å². The molecule has 0 spiro atoms. The van der Waals surface area contributed by atoms with Crippen molar-refractivity contribution < 1.29 is 32.8 Å². The lowest BCUT2D eigenvalue weighted by Crippen LogP contribution is -2.58. The van der Waals surface area contributed by atoms with Gasteiger partial charge < -0.3 is 26.4 Å². The zero-order valence-corrected chi connectivity index (χ0v) is 21.8. The average molecular weight is 616 g/mol. The normalized spacial score (nSPS) is 25.0. The number of Topliss-reactive ketones (excluding diaryl/α,β-unsaturated/α-hetero) is 2. The lowest BCUT2D eigenvalue weighted by atomic mass is 9.59. The summed E-state index contributed by atoms with van der Waals surface area (Å²) in [5.41, 5.74) is 5.47. The molecule has 1 saturated carbocycles. The molecule has 2 aromatic rings. The van der Waals surface area contributed by atoms with E-state index >= 15 is 0 Å². The number of primary amides is 1. The quantitative estimate of drug-likeness (QED) is 0.245. The number of rotatable bonds is 6. The Bertz CT molecular complexity index is 1380. The first-order chi connectivity index (χ1) is 17.7. The van der Waals surface area contributed by atoms with Crippen LogP contribution in [0.25, 0.3) is 5.76 Å². The number of carbonyl (C=O) groups is 3. The number of hydrogen-bond donors (Lipinski definition) is 5. The summed E-state index contributed by atoms with van der Waals surface area (Å²) in [6.07, 6.45) is 0.369. The highest BCUT2D eigenvalue weighted by molar-refractivity contribution is 14.1. The van der Waals surface area contributed by atoms with Crippen LogP contribution in [-0.4, -0.2) is 38.4 Å². The maximum Gasteiger partial charge on any atom is 0.255 e. The molecule has 3 aliphatic rings. The van der Waals surface area contributed by atoms with Crippen molar-refractivity contribution in [3.63, 3.8) is 0 Å². The Labute approximate surface area is 226 Å². The van der Waals surface area contributed by atoms with Gasteiger partial charge in [0.25, 0.3) is 5.91 Å². The lowest BCUT2D eigenvalue weighted by Gasteiger charge is -2.47. The molecule has 0 bridgehead atoms. The molecular weight excluding hydrogens is 591 g/mol. The van der Waals surface area contributed by atoms with Crippen molar-refractivity contribution in [1.82, 2.24) is 5.32 Å². The predicted molar refractivity (Wildman–Crippen MR) is 141 cm³/mol. The van der Waals surface area contributed by atoms with Gasteiger partial charge in [-0.3, -0.25) is 17.4 Å². The van der Waals surface area contributed by atoms with Crippen LogP contribution in [0.3, 0.4) is 0 Å². The smallest absolute Gasteiger partial charge is 0.255 e. The summed E-state index contributed by atoms with van der Waals surface area (Å²) in [4.78, 5) is 38.4. The van der Waals surface area contributed by atoms with Crippen molar-refractivity contribution in [2.75, 3.05) is 0 Å². The molecule has 9 nitrogen and oxygen atoms in total. The standard InChI is InChI=1S/C27H25IN2O7/c28-37-27-16(10-19(32)22(25(27)35)26(29)36)8-15-9-17-14(12-30-11-13-4-2-1-3-5-13)6-7-18(31)21(17)23(33)20(15)24(27)34/h1-7,15-16,30-31,33,35H,8-12H2,(H2,29,36)/t15-,16+,27+/m1/s1. The van der Waals surface area contributed by atoms with Crippen LogP contribution < -0.4 is 11.1 Å². The molecule has 192 valence electrons. The second kappa shape index (κ2) is 9.58. The molecule has 0 heterocycles. The highest BCUT2D eigenvalue weighted by atomic mass is 127. The third-order valence-electron chi connectivity index (χ3n) is 7.62. The van der Waals surface area contributed by atoms with E-state index in [-0.39, 0.29) is 29.7 Å². The first-order valence-corrected chi connectivity index (χ1v) is 12.7. The zero-order chi connectivity index (χ0) is 26.5. The van der Waals surface area contributed by atoms with E-state index in [4.69, 9.17) is 8.80 Å². The maximum absolute atomic E-state index is 13.9. The minimum Gasteiger partial charge on any atom is -0.508 e. The van der Waals surface area contributed by atoms with Crippen LogP contribution in [0.4, 0.5) is 0 Å². The Balaban J connectivity index is 1.55. The number of carbonyl (C=O) groups excluding carboxylic acids is 3. The van der Waals surface area contributed by atoms with E-state index in [1.54, 1.807) is 6.07 Å². The van der Waals surface area contributed by atoms with E-state index in [1.165, 1.54) is 29.1 Å². The molecule has 37 heavy (non-hydrogen) atoms. The summed E-state index contributed by atoms with van der Waals surface area (Å²) < 4.78 is 5.51. The molecule has 0 saturated heterocycles. The fraction of sp³-hybridized carbons (Fsp3) is 0.296. The summed E-state index contributed by atoms with van der Waals surface area (Å²) in [6, 6.07) is 13.1. The highest BCUT2D eigenvalue weighted by Crippen LogP contribution is 2.54. The Morgan fingerprint density at radius 1 is 1.08 bits per heavy atom. The van der Waals surface area contributed by atoms with Gasteiger partial charge in [0.05, 0.1) is 5.56 Å². The number of halogens is 1. The van der Waals surface area contributed by atoms with E-state index < -0.39 is 52.0 Å². The van der Waals surface area contributed by atoms with Crippen LogP contribution in [-0.2, 0) is 37.0 Å². The van der Waals surface area contributed by atoms with Crippen molar-refractivity contribution in [1.29, 1.82) is 0 Å². The topological polar surface area (TPSA) is 159 Å². The number of benzene rings is 2. The number of nitrogens with two attached hydrogens (primary N) is 1. The third kappa shape index (κ3) is 3.94. The van der Waals surface area contributed by atoms with Crippen LogP contribution in [0.15, 0.2) is 59.4 Å². The molecule has 0 unspecified atom stereocenters. The van der Waals surface area contributed by atoms with Gasteiger partial charge in [-0.15, -0.1) is 0 Å². The largest absolute Gasteiger partial charge is 0.508 e. The van der Waals surface area contributed by atoms with Crippen LogP contribution in [0.5, 0.6) is 5.75 Å². The van der Waals surface area contributed by atoms with Crippen molar-refractivity contribution in [2.24, 2.45) is 17.6 Å². The summed E-state index contributed by atoms with van der Waals surface area (Å²) in [5, 5.41) is 36.3. The van der Waals surface area contributed by atoms with Gasteiger partial charge >= 0.3 is 0 Å². The Kier molecular flexibility index (Phi) is 6.59. The lowest BCUT2D eigenvalue weighted by molar-refractivity contribution is -0.140. The number of phenolic OH excluding ortho intramolecular Hbond substituents is 1. The SMILES string of the molecule is NC(=O)C1=C(O)[C@@]2(OI)C(=O)C3=C(O)c4c(O)ccc(CNCc5ccccc5)c4C[C@H]3C[C@H]2CC1=O. The second-order valence-corrected chi connectivity index (χ2v) is 10.1. The number of aliphatic hydroxyl groups is 2. The first-order valence-electron chi connectivity index (χ1n) is 11.8. The van der Waals surface area contributed by atoms with E-state index in [9.17, 15) is 29.7 Å². The van der Waals surface area contributed by atoms with Crippen molar-refractivity contribution >= 4 is 46.2 Å². The van der Waals surface area contributed by atoms with Crippen molar-refractivity contribution in [2.45, 2.75) is 38.0 Å². The Hall–Kier alpha value is -3.22. The summed E-state index contributed by atoms with van der Waals surface area (Å²) in [5.74, 6) is -5.18. The minimum atomic E-state index is -2.03. The van der Waals surface area contributed by atoms with E-state index in [2.05, 4.69) is 5.32 Å². The van der Waals surface area contributed by atoms with Crippen LogP contribution in [0.1, 0.15) is 35.1 Å². The molecular formula is C27H25IN2O7. The molecule has 1 amide bonds. The number of aliphatic hydroxyl groups excluding tert-OH is 2. The zero-order valence-electron chi connectivity index (χ0n) is 19.7. The molecule has 6 N–H and O–H groups in total. The average Bonchev–Trinajstić information content (AvgIpc) is 2.85. The molecule has 5 rings (SSSR count). The Morgan fingerprint density at radius 2 is 1.81 bits per heavy atom. The van der Waals surface area contributed by atoms with Gasteiger partial charge in [-0.1, -0.05) is 36.4 Å². The van der Waals surface area contributed by atoms with Gasteiger partial charge in [-0.05, 0) is 41.5 Å². The molecule has 0 aliphatic heterocycles. The molecule has 1 fully saturated rings. The summed E-state index contributed by atoms with van der Waals surface area (Å²) >= 11 is 1.47. The van der Waals surface area contributed by atoms with Crippen molar-refractivity contribution in [3.8, 4) is 5.75 Å². The van der Waals surface area contributed by atoms with Crippen molar-refractivity contribution in [3.05, 3.63) is 81.6 Å². The van der Waals surface area contributed by atoms with Gasteiger partial charge in [0.15, 0.2) is 5.78 Å². The summed E-state index contributed by atoms with van der Waals surface area (Å²) in [7, 11) is 0. The molecule has 3 atom stereocenters. The number of aromatic hydroxyl groups is 1. The van der Waals surface area contributed by atoms with Gasteiger partial charge in [0, 0.05) is 31.0 Å². The molecule has 0 aromatic heterocycles. The van der Waals surface area contributed by atoms with Crippen LogP contribution in [0.2, 0.25) is 0 Å². The number of amides is 1. The number of ketones is 2. The second-order valence-electron chi connectivity index (χ2n) is 9.64. The first kappa shape index (κ1) is 25.4. The number of phenols is 1. The predicted octanol–water partition coefficient (Wildman–Crippen LogP) is 3.09. The van der Waals surface area contributed by atoms with Crippen LogP contribution in [0, 0.1) is 11.8 Å². The third-order valence-corrected chi connectivity index (χ3v) is 8.31. The molecule has 0 radical (unpaired) electrons. The fourth-order valence-corrected chi connectivity index (χ4v) is 6.67. The van der Waals surface area contributed by atoms with Gasteiger partial charge in [0.2, 0.25) is 11.4 Å². The number of nitrogens with one attached hydrogen (secondary N) is 1. The van der Waals surface area contributed by atoms with Gasteiger partial charge in [0.1, 0.15) is 45.8 Å².